The van der Waals surface area contributed by atoms with Gasteiger partial charge in [0.2, 0.25) is 5.91 Å². The summed E-state index contributed by atoms with van der Waals surface area (Å²) in [4.78, 5) is 23.0. The number of hydrogen-bond donors (Lipinski definition) is 1. The summed E-state index contributed by atoms with van der Waals surface area (Å²) in [6.45, 7) is 0.972. The zero-order valence-corrected chi connectivity index (χ0v) is 17.1. The zero-order chi connectivity index (χ0) is 22.5. The quantitative estimate of drug-likeness (QED) is 0.341. The van der Waals surface area contributed by atoms with Gasteiger partial charge < -0.3 is 18.6 Å². The number of carbonyl (C=O) groups excluding carboxylic acids is 1. The Bertz CT molecular complexity index is 1190. The molecule has 1 amide bonds. The van der Waals surface area contributed by atoms with Gasteiger partial charge in [-0.25, -0.2) is 5.43 Å². The minimum Gasteiger partial charge on any atom is -0.497 e. The number of methoxy groups -OCH3 is 1. The average Bonchev–Trinajstić information content (AvgIpc) is 3.27. The van der Waals surface area contributed by atoms with Crippen molar-refractivity contribution in [3.05, 3.63) is 70.0 Å². The first-order chi connectivity index (χ1) is 15.5. The Kier molecular flexibility index (Phi) is 6.02. The summed E-state index contributed by atoms with van der Waals surface area (Å²) in [7, 11) is 1.43. The van der Waals surface area contributed by atoms with E-state index in [1.54, 1.807) is 42.5 Å². The van der Waals surface area contributed by atoms with Crippen LogP contribution in [0.4, 0.5) is 5.69 Å². The molecule has 1 aliphatic heterocycles. The van der Waals surface area contributed by atoms with Crippen molar-refractivity contribution in [2.45, 2.75) is 6.42 Å². The van der Waals surface area contributed by atoms with Gasteiger partial charge in [0.05, 0.1) is 36.3 Å². The maximum absolute atomic E-state index is 12.2. The van der Waals surface area contributed by atoms with E-state index >= 15 is 0 Å². The maximum atomic E-state index is 12.2. The highest BCUT2D eigenvalue weighted by atomic mass is 16.6. The van der Waals surface area contributed by atoms with Gasteiger partial charge in [0, 0.05) is 0 Å². The van der Waals surface area contributed by atoms with Crippen molar-refractivity contribution in [1.82, 2.24) is 5.43 Å². The molecule has 0 spiro atoms. The first kappa shape index (κ1) is 20.9. The van der Waals surface area contributed by atoms with Gasteiger partial charge in [-0.3, -0.25) is 14.9 Å². The molecule has 0 saturated heterocycles. The van der Waals surface area contributed by atoms with E-state index in [4.69, 9.17) is 18.6 Å². The average molecular weight is 437 g/mol. The molecule has 1 N–H and O–H groups in total. The van der Waals surface area contributed by atoms with Crippen LogP contribution in [0.3, 0.4) is 0 Å². The molecule has 2 aromatic carbocycles. The molecular formula is C22H19N3O7. The van der Waals surface area contributed by atoms with Crippen LogP contribution in [0.2, 0.25) is 0 Å². The lowest BCUT2D eigenvalue weighted by atomic mass is 10.1. The van der Waals surface area contributed by atoms with Gasteiger partial charge >= 0.3 is 0 Å². The molecule has 3 aromatic rings. The summed E-state index contributed by atoms with van der Waals surface area (Å²) in [6, 6.07) is 13.0. The molecule has 0 bridgehead atoms. The van der Waals surface area contributed by atoms with E-state index in [-0.39, 0.29) is 18.0 Å². The predicted octanol–water partition coefficient (Wildman–Crippen LogP) is 3.33. The number of nitro groups is 1. The molecule has 2 heterocycles. The van der Waals surface area contributed by atoms with Gasteiger partial charge in [-0.2, -0.15) is 5.10 Å². The fraction of sp³-hybridized carbons (Fsp3) is 0.182. The Hall–Kier alpha value is -4.34. The highest BCUT2D eigenvalue weighted by Gasteiger charge is 2.19. The van der Waals surface area contributed by atoms with Crippen LogP contribution in [0.5, 0.6) is 17.2 Å². The summed E-state index contributed by atoms with van der Waals surface area (Å²) in [5, 5.41) is 15.3. The number of amides is 1. The first-order valence-corrected chi connectivity index (χ1v) is 9.66. The van der Waals surface area contributed by atoms with E-state index in [0.717, 1.165) is 5.56 Å². The predicted molar refractivity (Wildman–Crippen MR) is 114 cm³/mol. The second kappa shape index (κ2) is 9.21. The topological polar surface area (TPSA) is 125 Å². The standard InChI is InChI=1S/C22H19N3O7/c1-29-15-3-5-17(18(12-15)25(27)28)19-7-4-16(32-19)13-23-24-22(26)11-14-2-6-20-21(10-14)31-9-8-30-20/h2-7,10,12-13H,8-9,11H2,1H3,(H,24,26)/b23-13+. The van der Waals surface area contributed by atoms with Gasteiger partial charge in [0.15, 0.2) is 11.5 Å². The number of benzene rings is 2. The first-order valence-electron chi connectivity index (χ1n) is 9.66. The van der Waals surface area contributed by atoms with E-state index in [0.29, 0.717) is 47.5 Å². The summed E-state index contributed by atoms with van der Waals surface area (Å²) < 4.78 is 21.6. The Morgan fingerprint density at radius 2 is 1.97 bits per heavy atom. The molecule has 0 aliphatic carbocycles. The van der Waals surface area contributed by atoms with Crippen molar-refractivity contribution in [3.8, 4) is 28.6 Å². The molecule has 164 valence electrons. The smallest absolute Gasteiger partial charge is 0.284 e. The summed E-state index contributed by atoms with van der Waals surface area (Å²) in [5.74, 6) is 1.93. The second-order valence-corrected chi connectivity index (χ2v) is 6.79. The number of rotatable bonds is 7. The Balaban J connectivity index is 1.39. The third kappa shape index (κ3) is 4.69. The second-order valence-electron chi connectivity index (χ2n) is 6.79. The molecule has 32 heavy (non-hydrogen) atoms. The van der Waals surface area contributed by atoms with Crippen molar-refractivity contribution >= 4 is 17.8 Å². The third-order valence-corrected chi connectivity index (χ3v) is 4.65. The van der Waals surface area contributed by atoms with Gasteiger partial charge in [0.1, 0.15) is 30.5 Å². The minimum atomic E-state index is -0.508. The number of carbonyl (C=O) groups is 1. The summed E-state index contributed by atoms with van der Waals surface area (Å²) in [6.07, 6.45) is 1.43. The molecular weight excluding hydrogens is 418 g/mol. The highest BCUT2D eigenvalue weighted by Crippen LogP contribution is 2.34. The SMILES string of the molecule is COc1ccc(-c2ccc(/C=N/NC(=O)Cc3ccc4c(c3)OCCO4)o2)c([N+](=O)[O-])c1. The summed E-state index contributed by atoms with van der Waals surface area (Å²) in [5.41, 5.74) is 3.35. The third-order valence-electron chi connectivity index (χ3n) is 4.65. The van der Waals surface area contributed by atoms with Gasteiger partial charge in [-0.1, -0.05) is 6.07 Å². The Morgan fingerprint density at radius 1 is 1.16 bits per heavy atom. The van der Waals surface area contributed by atoms with E-state index in [2.05, 4.69) is 10.5 Å². The fourth-order valence-corrected chi connectivity index (χ4v) is 3.16. The Labute approximate surface area is 182 Å². The van der Waals surface area contributed by atoms with Gasteiger partial charge in [-0.15, -0.1) is 0 Å². The molecule has 0 unspecified atom stereocenters. The molecule has 10 nitrogen and oxygen atoms in total. The molecule has 0 radical (unpaired) electrons. The molecule has 4 rings (SSSR count). The van der Waals surface area contributed by atoms with E-state index in [9.17, 15) is 14.9 Å². The lowest BCUT2D eigenvalue weighted by Gasteiger charge is -2.18. The van der Waals surface area contributed by atoms with Crippen molar-refractivity contribution in [2.75, 3.05) is 20.3 Å². The van der Waals surface area contributed by atoms with Gasteiger partial charge in [-0.05, 0) is 42.0 Å². The molecule has 0 saturated carbocycles. The molecule has 0 fully saturated rings. The number of hydrazone groups is 1. The van der Waals surface area contributed by atoms with Crippen LogP contribution < -0.4 is 19.6 Å². The van der Waals surface area contributed by atoms with Crippen molar-refractivity contribution in [1.29, 1.82) is 0 Å². The molecule has 1 aliphatic rings. The number of nitrogens with one attached hydrogen (secondary N) is 1. The van der Waals surface area contributed by atoms with E-state index < -0.39 is 4.92 Å². The van der Waals surface area contributed by atoms with Crippen LogP contribution in [0.1, 0.15) is 11.3 Å². The number of nitro benzene ring substituents is 1. The normalized spacial score (nSPS) is 12.5. The number of ether oxygens (including phenoxy) is 3. The lowest BCUT2D eigenvalue weighted by Crippen LogP contribution is -2.20. The van der Waals surface area contributed by atoms with Crippen LogP contribution in [-0.2, 0) is 11.2 Å². The molecule has 0 atom stereocenters. The Morgan fingerprint density at radius 3 is 2.75 bits per heavy atom. The van der Waals surface area contributed by atoms with Crippen LogP contribution in [0.15, 0.2) is 58.0 Å². The van der Waals surface area contributed by atoms with Crippen LogP contribution >= 0.6 is 0 Å². The largest absolute Gasteiger partial charge is 0.497 e. The number of fused-ring (bicyclic) bond motifs is 1. The highest BCUT2D eigenvalue weighted by molar-refractivity contribution is 5.82. The number of furan rings is 1. The maximum Gasteiger partial charge on any atom is 0.284 e. The number of hydrogen-bond acceptors (Lipinski definition) is 8. The molecule has 1 aromatic heterocycles. The molecule has 10 heteroatoms. The van der Waals surface area contributed by atoms with Crippen LogP contribution in [-0.4, -0.2) is 37.4 Å². The fourth-order valence-electron chi connectivity index (χ4n) is 3.16. The van der Waals surface area contributed by atoms with Crippen molar-refractivity contribution in [3.63, 3.8) is 0 Å². The minimum absolute atomic E-state index is 0.107. The van der Waals surface area contributed by atoms with Gasteiger partial charge in [0.25, 0.3) is 5.69 Å². The van der Waals surface area contributed by atoms with Crippen molar-refractivity contribution < 1.29 is 28.3 Å². The monoisotopic (exact) mass is 437 g/mol. The van der Waals surface area contributed by atoms with Crippen LogP contribution in [0, 0.1) is 10.1 Å². The van der Waals surface area contributed by atoms with E-state index in [1.807, 2.05) is 0 Å². The summed E-state index contributed by atoms with van der Waals surface area (Å²) >= 11 is 0. The van der Waals surface area contributed by atoms with Crippen molar-refractivity contribution in [2.24, 2.45) is 5.10 Å². The lowest BCUT2D eigenvalue weighted by molar-refractivity contribution is -0.384. The zero-order valence-electron chi connectivity index (χ0n) is 17.1. The van der Waals surface area contributed by atoms with E-state index in [1.165, 1.54) is 19.4 Å². The number of nitrogens with zero attached hydrogens (tertiary/aromatic N) is 2. The van der Waals surface area contributed by atoms with Crippen LogP contribution in [0.25, 0.3) is 11.3 Å².